The number of amides is 1. The highest BCUT2D eigenvalue weighted by molar-refractivity contribution is 7.80. The quantitative estimate of drug-likeness (QED) is 0.303. The standard InChI is InChI=1S/C28H26ClN5O2S/c1-18-8-3-4-10-23(18)33-15-7-11-24(33)27-26(22-9-5-6-14-30-22)32-28(37)34(27)19-12-13-21(20(29)16-19)31-25(35)17-36-2/h3-16,26-27H,17H2,1-2H3,(H,31,35)(H,32,37)/t26-,27+/m1/s1. The number of hydrogen-bond donors (Lipinski definition) is 2. The van der Waals surface area contributed by atoms with Crippen molar-refractivity contribution in [3.05, 3.63) is 107 Å². The average Bonchev–Trinajstić information content (AvgIpc) is 3.50. The molecule has 3 heterocycles. The SMILES string of the molecule is COCC(=O)Nc1ccc(N2C(=S)N[C@H](c3ccccn3)[C@@H]2c2cccn2-c2ccccc2C)cc1Cl. The number of carbonyl (C=O) groups is 1. The average molecular weight is 532 g/mol. The Bertz CT molecular complexity index is 1440. The smallest absolute Gasteiger partial charge is 0.250 e. The first-order chi connectivity index (χ1) is 18.0. The number of nitrogens with zero attached hydrogens (tertiary/aromatic N) is 3. The van der Waals surface area contributed by atoms with Gasteiger partial charge in [0.1, 0.15) is 12.6 Å². The number of carbonyl (C=O) groups excluding carboxylic acids is 1. The van der Waals surface area contributed by atoms with Crippen molar-refractivity contribution in [1.82, 2.24) is 14.9 Å². The zero-order valence-corrected chi connectivity index (χ0v) is 22.0. The van der Waals surface area contributed by atoms with Gasteiger partial charge in [0.2, 0.25) is 5.91 Å². The fourth-order valence-electron chi connectivity index (χ4n) is 4.69. The van der Waals surface area contributed by atoms with E-state index < -0.39 is 0 Å². The van der Waals surface area contributed by atoms with Crippen LogP contribution in [0.5, 0.6) is 0 Å². The van der Waals surface area contributed by atoms with Crippen LogP contribution in [0.1, 0.15) is 29.0 Å². The second kappa shape index (κ2) is 10.7. The van der Waals surface area contributed by atoms with Crippen LogP contribution in [0.25, 0.3) is 5.69 Å². The molecule has 2 aromatic heterocycles. The molecule has 0 aliphatic carbocycles. The first-order valence-corrected chi connectivity index (χ1v) is 12.6. The fraction of sp³-hybridized carbons (Fsp3) is 0.179. The number of aryl methyl sites for hydroxylation is 1. The van der Waals surface area contributed by atoms with E-state index in [9.17, 15) is 4.79 Å². The lowest BCUT2D eigenvalue weighted by molar-refractivity contribution is -0.119. The Morgan fingerprint density at radius 2 is 1.95 bits per heavy atom. The molecule has 0 bridgehead atoms. The van der Waals surface area contributed by atoms with E-state index in [4.69, 9.17) is 28.6 Å². The summed E-state index contributed by atoms with van der Waals surface area (Å²) in [7, 11) is 1.47. The van der Waals surface area contributed by atoms with E-state index in [1.807, 2.05) is 48.5 Å². The van der Waals surface area contributed by atoms with Crippen LogP contribution >= 0.6 is 23.8 Å². The van der Waals surface area contributed by atoms with Gasteiger partial charge in [-0.3, -0.25) is 9.78 Å². The molecule has 2 aromatic carbocycles. The Hall–Kier alpha value is -3.72. The summed E-state index contributed by atoms with van der Waals surface area (Å²) in [5.74, 6) is -0.278. The van der Waals surface area contributed by atoms with Crippen LogP contribution < -0.4 is 15.5 Å². The second-order valence-corrected chi connectivity index (χ2v) is 9.53. The van der Waals surface area contributed by atoms with E-state index in [1.54, 1.807) is 12.3 Å². The van der Waals surface area contributed by atoms with E-state index in [2.05, 4.69) is 56.4 Å². The number of aromatic nitrogens is 2. The number of thiocarbonyl (C=S) groups is 1. The normalized spacial score (nSPS) is 17.1. The minimum atomic E-state index is -0.278. The number of ether oxygens (including phenoxy) is 1. The maximum absolute atomic E-state index is 12.0. The van der Waals surface area contributed by atoms with Gasteiger partial charge in [-0.1, -0.05) is 35.9 Å². The molecule has 188 valence electrons. The molecule has 1 aliphatic rings. The van der Waals surface area contributed by atoms with Crippen LogP contribution in [0, 0.1) is 6.92 Å². The molecule has 0 saturated carbocycles. The minimum Gasteiger partial charge on any atom is -0.375 e. The van der Waals surface area contributed by atoms with E-state index in [0.29, 0.717) is 15.8 Å². The maximum atomic E-state index is 12.0. The van der Waals surface area contributed by atoms with Gasteiger partial charge in [0, 0.05) is 36.6 Å². The predicted octanol–water partition coefficient (Wildman–Crippen LogP) is 5.60. The van der Waals surface area contributed by atoms with Crippen molar-refractivity contribution in [1.29, 1.82) is 0 Å². The fourth-order valence-corrected chi connectivity index (χ4v) is 5.26. The van der Waals surface area contributed by atoms with Gasteiger partial charge < -0.3 is 24.8 Å². The van der Waals surface area contributed by atoms with E-state index in [-0.39, 0.29) is 24.6 Å². The lowest BCUT2D eigenvalue weighted by atomic mass is 10.0. The Kier molecular flexibility index (Phi) is 7.23. The van der Waals surface area contributed by atoms with E-state index in [1.165, 1.54) is 7.11 Å². The number of pyridine rings is 1. The molecule has 37 heavy (non-hydrogen) atoms. The monoisotopic (exact) mass is 531 g/mol. The Labute approximate surface area is 226 Å². The number of rotatable bonds is 7. The molecule has 7 nitrogen and oxygen atoms in total. The maximum Gasteiger partial charge on any atom is 0.250 e. The lowest BCUT2D eigenvalue weighted by Gasteiger charge is -2.29. The van der Waals surface area contributed by atoms with Gasteiger partial charge >= 0.3 is 0 Å². The number of nitrogens with one attached hydrogen (secondary N) is 2. The molecule has 1 fully saturated rings. The third kappa shape index (κ3) is 4.96. The van der Waals surface area contributed by atoms with Gasteiger partial charge in [0.15, 0.2) is 5.11 Å². The van der Waals surface area contributed by atoms with Crippen LogP contribution in [0.3, 0.4) is 0 Å². The molecule has 5 rings (SSSR count). The number of anilines is 2. The molecule has 9 heteroatoms. The highest BCUT2D eigenvalue weighted by Crippen LogP contribution is 2.43. The first kappa shape index (κ1) is 25.0. The molecule has 1 aliphatic heterocycles. The van der Waals surface area contributed by atoms with Crippen molar-refractivity contribution in [2.75, 3.05) is 23.9 Å². The van der Waals surface area contributed by atoms with Crippen molar-refractivity contribution in [2.24, 2.45) is 0 Å². The molecule has 2 N–H and O–H groups in total. The van der Waals surface area contributed by atoms with E-state index >= 15 is 0 Å². The Balaban J connectivity index is 1.60. The first-order valence-electron chi connectivity index (χ1n) is 11.8. The Morgan fingerprint density at radius 3 is 2.68 bits per heavy atom. The molecule has 0 radical (unpaired) electrons. The van der Waals surface area contributed by atoms with Crippen LogP contribution in [-0.2, 0) is 9.53 Å². The summed E-state index contributed by atoms with van der Waals surface area (Å²) in [6.45, 7) is 2.04. The minimum absolute atomic E-state index is 0.0536. The highest BCUT2D eigenvalue weighted by Gasteiger charge is 2.42. The number of benzene rings is 2. The zero-order valence-electron chi connectivity index (χ0n) is 20.4. The van der Waals surface area contributed by atoms with Crippen molar-refractivity contribution in [2.45, 2.75) is 19.0 Å². The van der Waals surface area contributed by atoms with Gasteiger partial charge in [-0.15, -0.1) is 0 Å². The third-order valence-electron chi connectivity index (χ3n) is 6.34. The molecule has 0 spiro atoms. The zero-order chi connectivity index (χ0) is 25.9. The largest absolute Gasteiger partial charge is 0.375 e. The molecule has 4 aromatic rings. The topological polar surface area (TPSA) is 71.4 Å². The van der Waals surface area contributed by atoms with Crippen molar-refractivity contribution in [3.8, 4) is 5.69 Å². The van der Waals surface area contributed by atoms with Crippen LogP contribution in [-0.4, -0.2) is 34.3 Å². The summed E-state index contributed by atoms with van der Waals surface area (Å²) < 4.78 is 7.10. The summed E-state index contributed by atoms with van der Waals surface area (Å²) in [6.07, 6.45) is 3.85. The second-order valence-electron chi connectivity index (χ2n) is 8.73. The number of methoxy groups -OCH3 is 1. The summed E-state index contributed by atoms with van der Waals surface area (Å²) in [6, 6.07) is 23.4. The molecule has 1 amide bonds. The Morgan fingerprint density at radius 1 is 1.14 bits per heavy atom. The van der Waals surface area contributed by atoms with Crippen LogP contribution in [0.2, 0.25) is 5.02 Å². The van der Waals surface area contributed by atoms with Gasteiger partial charge in [0.25, 0.3) is 0 Å². The molecule has 1 saturated heterocycles. The molecular formula is C28H26ClN5O2S. The third-order valence-corrected chi connectivity index (χ3v) is 6.96. The van der Waals surface area contributed by atoms with Crippen molar-refractivity contribution in [3.63, 3.8) is 0 Å². The summed E-state index contributed by atoms with van der Waals surface area (Å²) >= 11 is 12.5. The number of para-hydroxylation sites is 1. The number of halogens is 1. The van der Waals surface area contributed by atoms with Crippen LogP contribution in [0.4, 0.5) is 11.4 Å². The molecule has 0 unspecified atom stereocenters. The molecular weight excluding hydrogens is 506 g/mol. The van der Waals surface area contributed by atoms with Gasteiger partial charge in [-0.2, -0.15) is 0 Å². The summed E-state index contributed by atoms with van der Waals surface area (Å²) in [4.78, 5) is 18.7. The van der Waals surface area contributed by atoms with Gasteiger partial charge in [0.05, 0.1) is 22.4 Å². The lowest BCUT2D eigenvalue weighted by Crippen LogP contribution is -2.30. The number of hydrogen-bond acceptors (Lipinski definition) is 4. The van der Waals surface area contributed by atoms with Crippen LogP contribution in [0.15, 0.2) is 85.2 Å². The van der Waals surface area contributed by atoms with E-state index in [0.717, 1.165) is 28.3 Å². The molecule has 2 atom stereocenters. The van der Waals surface area contributed by atoms with Crippen molar-refractivity contribution >= 4 is 46.2 Å². The van der Waals surface area contributed by atoms with Crippen molar-refractivity contribution < 1.29 is 9.53 Å². The summed E-state index contributed by atoms with van der Waals surface area (Å²) in [5, 5.41) is 7.22. The predicted molar refractivity (Wildman–Crippen MR) is 150 cm³/mol. The summed E-state index contributed by atoms with van der Waals surface area (Å²) in [5.41, 5.74) is 5.48. The highest BCUT2D eigenvalue weighted by atomic mass is 35.5. The van der Waals surface area contributed by atoms with Gasteiger partial charge in [-0.25, -0.2) is 0 Å². The van der Waals surface area contributed by atoms with Gasteiger partial charge in [-0.05, 0) is 73.2 Å².